The van der Waals surface area contributed by atoms with Gasteiger partial charge in [0.05, 0.1) is 10.6 Å². The molecule has 3 aromatic carbocycles. The van der Waals surface area contributed by atoms with Crippen molar-refractivity contribution >= 4 is 21.6 Å². The van der Waals surface area contributed by atoms with Crippen LogP contribution in [0.3, 0.4) is 0 Å². The van der Waals surface area contributed by atoms with Crippen molar-refractivity contribution in [3.8, 4) is 34.3 Å². The second-order valence-corrected chi connectivity index (χ2v) is 9.34. The van der Waals surface area contributed by atoms with Gasteiger partial charge in [-0.2, -0.15) is 5.26 Å². The number of nitriles is 1. The highest BCUT2D eigenvalue weighted by atomic mass is 35.5. The highest BCUT2D eigenvalue weighted by Gasteiger charge is 2.17. The Balaban J connectivity index is 1.80. The number of halogens is 2. The molecule has 0 fully saturated rings. The zero-order chi connectivity index (χ0) is 24.3. The van der Waals surface area contributed by atoms with Crippen molar-refractivity contribution in [3.63, 3.8) is 0 Å². The van der Waals surface area contributed by atoms with Gasteiger partial charge in [0.25, 0.3) is 0 Å². The minimum Gasteiger partial charge on any atom is -0.472 e. The van der Waals surface area contributed by atoms with Crippen LogP contribution in [0, 0.1) is 17.1 Å². The van der Waals surface area contributed by atoms with Crippen molar-refractivity contribution in [2.75, 3.05) is 0 Å². The van der Waals surface area contributed by atoms with E-state index in [1.807, 2.05) is 0 Å². The fourth-order valence-electron chi connectivity index (χ4n) is 3.29. The van der Waals surface area contributed by atoms with Crippen molar-refractivity contribution in [2.24, 2.45) is 5.14 Å². The second kappa shape index (κ2) is 9.61. The van der Waals surface area contributed by atoms with Gasteiger partial charge in [0.2, 0.25) is 15.9 Å². The van der Waals surface area contributed by atoms with Crippen LogP contribution in [0.4, 0.5) is 4.39 Å². The average Bonchev–Trinajstić information content (AvgIpc) is 2.83. The molecule has 34 heavy (non-hydrogen) atoms. The summed E-state index contributed by atoms with van der Waals surface area (Å²) in [6.45, 7) is 0.157. The first-order chi connectivity index (χ1) is 16.2. The number of nitrogens with zero attached hydrogens (tertiary/aromatic N) is 2. The smallest absolute Gasteiger partial charge is 0.238 e. The highest BCUT2D eigenvalue weighted by molar-refractivity contribution is 7.89. The van der Waals surface area contributed by atoms with Gasteiger partial charge in [-0.3, -0.25) is 0 Å². The van der Waals surface area contributed by atoms with Crippen LogP contribution >= 0.6 is 11.6 Å². The van der Waals surface area contributed by atoms with Crippen LogP contribution in [-0.2, 0) is 16.6 Å². The Kier molecular flexibility index (Phi) is 6.61. The SMILES string of the molecule is N#Cc1cc(-c2ccc(S(N)(=O)=O)cc2)c(-c2ccc(F)cc2)nc1OCc1ccc(Cl)cc1. The molecule has 1 heterocycles. The molecule has 0 aliphatic carbocycles. The predicted octanol–water partition coefficient (Wildman–Crippen LogP) is 5.31. The fraction of sp³-hybridized carbons (Fsp3) is 0.0400. The number of rotatable bonds is 6. The minimum absolute atomic E-state index is 0.0454. The van der Waals surface area contributed by atoms with E-state index in [0.29, 0.717) is 27.4 Å². The number of pyridine rings is 1. The molecule has 6 nitrogen and oxygen atoms in total. The molecule has 9 heteroatoms. The predicted molar refractivity (Wildman–Crippen MR) is 127 cm³/mol. The Bertz CT molecular complexity index is 1480. The molecule has 0 atom stereocenters. The number of hydrogen-bond donors (Lipinski definition) is 1. The molecule has 0 saturated carbocycles. The average molecular weight is 494 g/mol. The molecule has 0 spiro atoms. The van der Waals surface area contributed by atoms with Crippen LogP contribution < -0.4 is 9.88 Å². The topological polar surface area (TPSA) is 106 Å². The summed E-state index contributed by atoms with van der Waals surface area (Å²) < 4.78 is 42.6. The first-order valence-corrected chi connectivity index (χ1v) is 11.9. The van der Waals surface area contributed by atoms with Crippen molar-refractivity contribution in [2.45, 2.75) is 11.5 Å². The Morgan fingerprint density at radius 2 is 1.59 bits per heavy atom. The van der Waals surface area contributed by atoms with Gasteiger partial charge in [0.1, 0.15) is 24.1 Å². The van der Waals surface area contributed by atoms with Gasteiger partial charge in [0, 0.05) is 16.1 Å². The third-order valence-corrected chi connectivity index (χ3v) is 6.19. The van der Waals surface area contributed by atoms with E-state index >= 15 is 0 Å². The summed E-state index contributed by atoms with van der Waals surface area (Å²) in [4.78, 5) is 4.54. The number of nitrogens with two attached hydrogens (primary N) is 1. The van der Waals surface area contributed by atoms with E-state index < -0.39 is 15.8 Å². The maximum absolute atomic E-state index is 13.6. The lowest BCUT2D eigenvalue weighted by atomic mass is 9.98. The summed E-state index contributed by atoms with van der Waals surface area (Å²) in [5, 5.41) is 15.5. The van der Waals surface area contributed by atoms with Crippen LogP contribution in [0.25, 0.3) is 22.4 Å². The Morgan fingerprint density at radius 1 is 0.971 bits per heavy atom. The summed E-state index contributed by atoms with van der Waals surface area (Å²) in [5.74, 6) is -0.294. The molecule has 0 unspecified atom stereocenters. The summed E-state index contributed by atoms with van der Waals surface area (Å²) >= 11 is 5.92. The summed E-state index contributed by atoms with van der Waals surface area (Å²) in [5.41, 5.74) is 3.19. The molecular formula is C25H17ClFN3O3S. The van der Waals surface area contributed by atoms with Crippen LogP contribution in [0.1, 0.15) is 11.1 Å². The molecule has 2 N–H and O–H groups in total. The van der Waals surface area contributed by atoms with Gasteiger partial charge in [-0.05, 0) is 65.7 Å². The van der Waals surface area contributed by atoms with E-state index in [-0.39, 0.29) is 22.9 Å². The first-order valence-electron chi connectivity index (χ1n) is 9.96. The maximum atomic E-state index is 13.6. The molecule has 0 saturated heterocycles. The zero-order valence-corrected chi connectivity index (χ0v) is 19.1. The van der Waals surface area contributed by atoms with Crippen LogP contribution in [0.15, 0.2) is 83.8 Å². The van der Waals surface area contributed by atoms with Crippen molar-refractivity contribution in [3.05, 3.63) is 101 Å². The quantitative estimate of drug-likeness (QED) is 0.392. The summed E-state index contributed by atoms with van der Waals surface area (Å²) in [7, 11) is -3.86. The normalized spacial score (nSPS) is 11.1. The molecule has 0 aliphatic rings. The Morgan fingerprint density at radius 3 is 2.18 bits per heavy atom. The number of ether oxygens (including phenoxy) is 1. The number of primary sulfonamides is 1. The summed E-state index contributed by atoms with van der Waals surface area (Å²) in [6.07, 6.45) is 0. The third kappa shape index (κ3) is 5.24. The molecule has 0 amide bonds. The molecule has 0 radical (unpaired) electrons. The van der Waals surface area contributed by atoms with Crippen molar-refractivity contribution in [1.29, 1.82) is 5.26 Å². The standard InChI is InChI=1S/C25H17ClFN3O3S/c26-20-7-1-16(2-8-20)15-33-25-19(14-28)13-23(17-5-11-22(12-6-17)34(29,31)32)24(30-25)18-3-9-21(27)10-4-18/h1-13H,15H2,(H2,29,31,32). The van der Waals surface area contributed by atoms with E-state index in [0.717, 1.165) is 5.56 Å². The molecule has 1 aromatic heterocycles. The molecule has 0 aliphatic heterocycles. The van der Waals surface area contributed by atoms with E-state index in [1.54, 1.807) is 54.6 Å². The second-order valence-electron chi connectivity index (χ2n) is 7.34. The molecule has 0 bridgehead atoms. The van der Waals surface area contributed by atoms with E-state index in [1.165, 1.54) is 24.3 Å². The van der Waals surface area contributed by atoms with Gasteiger partial charge in [-0.1, -0.05) is 35.9 Å². The number of benzene rings is 3. The van der Waals surface area contributed by atoms with Gasteiger partial charge < -0.3 is 4.74 Å². The van der Waals surface area contributed by atoms with Gasteiger partial charge in [-0.15, -0.1) is 0 Å². The molecular weight excluding hydrogens is 477 g/mol. The highest BCUT2D eigenvalue weighted by Crippen LogP contribution is 2.35. The van der Waals surface area contributed by atoms with Gasteiger partial charge >= 0.3 is 0 Å². The van der Waals surface area contributed by atoms with E-state index in [4.69, 9.17) is 21.5 Å². The largest absolute Gasteiger partial charge is 0.472 e. The third-order valence-electron chi connectivity index (χ3n) is 5.01. The van der Waals surface area contributed by atoms with Crippen LogP contribution in [0.2, 0.25) is 5.02 Å². The Labute approximate surface area is 201 Å². The van der Waals surface area contributed by atoms with E-state index in [2.05, 4.69) is 11.1 Å². The molecule has 4 rings (SSSR count). The van der Waals surface area contributed by atoms with Crippen molar-refractivity contribution < 1.29 is 17.5 Å². The molecule has 4 aromatic rings. The monoisotopic (exact) mass is 493 g/mol. The van der Waals surface area contributed by atoms with Crippen molar-refractivity contribution in [1.82, 2.24) is 4.98 Å². The number of sulfonamides is 1. The first kappa shape index (κ1) is 23.4. The Hall–Kier alpha value is -3.77. The lowest BCUT2D eigenvalue weighted by Crippen LogP contribution is -2.11. The number of aromatic nitrogens is 1. The molecule has 170 valence electrons. The minimum atomic E-state index is -3.86. The van der Waals surface area contributed by atoms with E-state index in [9.17, 15) is 18.1 Å². The maximum Gasteiger partial charge on any atom is 0.238 e. The lowest BCUT2D eigenvalue weighted by molar-refractivity contribution is 0.293. The number of hydrogen-bond acceptors (Lipinski definition) is 5. The lowest BCUT2D eigenvalue weighted by Gasteiger charge is -2.14. The summed E-state index contributed by atoms with van der Waals surface area (Å²) in [6, 6.07) is 22.4. The fourth-order valence-corrected chi connectivity index (χ4v) is 3.93. The van der Waals surface area contributed by atoms with Gasteiger partial charge in [0.15, 0.2) is 0 Å². The zero-order valence-electron chi connectivity index (χ0n) is 17.6. The van der Waals surface area contributed by atoms with Crippen LogP contribution in [-0.4, -0.2) is 13.4 Å². The van der Waals surface area contributed by atoms with Crippen LogP contribution in [0.5, 0.6) is 5.88 Å². The van der Waals surface area contributed by atoms with Gasteiger partial charge in [-0.25, -0.2) is 22.9 Å².